The molecule has 3 rings (SSSR count). The third-order valence-corrected chi connectivity index (χ3v) is 7.25. The highest BCUT2D eigenvalue weighted by atomic mass is 32.2. The van der Waals surface area contributed by atoms with Gasteiger partial charge in [-0.3, -0.25) is 9.10 Å². The summed E-state index contributed by atoms with van der Waals surface area (Å²) in [5, 5.41) is -0.246. The molecule has 0 atom stereocenters. The SMILES string of the molecule is CCCC(=O)N1CCC(Oc2ccc(N(C)S(=O)(=O)C3CC3)cn2)CC1. The van der Waals surface area contributed by atoms with E-state index in [4.69, 9.17) is 4.74 Å². The van der Waals surface area contributed by atoms with Crippen LogP contribution < -0.4 is 9.04 Å². The second-order valence-electron chi connectivity index (χ2n) is 7.01. The molecule has 0 radical (unpaired) electrons. The first-order valence-electron chi connectivity index (χ1n) is 9.30. The number of hydrogen-bond acceptors (Lipinski definition) is 5. The number of pyridine rings is 1. The third kappa shape index (κ3) is 4.28. The second kappa shape index (κ2) is 7.82. The largest absolute Gasteiger partial charge is 0.474 e. The van der Waals surface area contributed by atoms with Gasteiger partial charge in [-0.05, 0) is 25.3 Å². The molecule has 1 saturated heterocycles. The van der Waals surface area contributed by atoms with Crippen molar-refractivity contribution < 1.29 is 17.9 Å². The van der Waals surface area contributed by atoms with E-state index in [1.165, 1.54) is 10.5 Å². The summed E-state index contributed by atoms with van der Waals surface area (Å²) in [7, 11) is -1.70. The highest BCUT2D eigenvalue weighted by Gasteiger charge is 2.39. The molecule has 0 aromatic carbocycles. The zero-order valence-electron chi connectivity index (χ0n) is 15.4. The number of piperidine rings is 1. The first-order valence-corrected chi connectivity index (χ1v) is 10.8. The molecule has 0 N–H and O–H groups in total. The van der Waals surface area contributed by atoms with E-state index in [9.17, 15) is 13.2 Å². The first-order chi connectivity index (χ1) is 12.4. The van der Waals surface area contributed by atoms with Crippen LogP contribution in [0.25, 0.3) is 0 Å². The van der Waals surface area contributed by atoms with Crippen LogP contribution in [0.4, 0.5) is 5.69 Å². The Kier molecular flexibility index (Phi) is 5.70. The van der Waals surface area contributed by atoms with Crippen LogP contribution >= 0.6 is 0 Å². The number of carbonyl (C=O) groups is 1. The van der Waals surface area contributed by atoms with E-state index in [1.54, 1.807) is 19.2 Å². The number of carbonyl (C=O) groups excluding carboxylic acids is 1. The summed E-state index contributed by atoms with van der Waals surface area (Å²) in [5.41, 5.74) is 0.546. The van der Waals surface area contributed by atoms with Gasteiger partial charge in [-0.25, -0.2) is 13.4 Å². The van der Waals surface area contributed by atoms with Gasteiger partial charge in [0.05, 0.1) is 17.1 Å². The van der Waals surface area contributed by atoms with Gasteiger partial charge in [0, 0.05) is 45.5 Å². The molecule has 1 aromatic rings. The van der Waals surface area contributed by atoms with Gasteiger partial charge in [0.25, 0.3) is 0 Å². The normalized spacial score (nSPS) is 18.6. The Labute approximate surface area is 155 Å². The average molecular weight is 381 g/mol. The quantitative estimate of drug-likeness (QED) is 0.723. The minimum Gasteiger partial charge on any atom is -0.474 e. The van der Waals surface area contributed by atoms with Crippen molar-refractivity contribution in [3.8, 4) is 5.88 Å². The Hall–Kier alpha value is -1.83. The topological polar surface area (TPSA) is 79.8 Å². The van der Waals surface area contributed by atoms with E-state index >= 15 is 0 Å². The molecule has 1 aliphatic heterocycles. The molecule has 1 aliphatic carbocycles. The molecule has 2 aliphatic rings. The van der Waals surface area contributed by atoms with Crippen LogP contribution in [0.3, 0.4) is 0 Å². The fraction of sp³-hybridized carbons (Fsp3) is 0.667. The van der Waals surface area contributed by atoms with E-state index in [0.29, 0.717) is 31.1 Å². The van der Waals surface area contributed by atoms with Gasteiger partial charge in [0.15, 0.2) is 0 Å². The summed E-state index contributed by atoms with van der Waals surface area (Å²) in [6.45, 7) is 3.43. The van der Waals surface area contributed by atoms with Gasteiger partial charge < -0.3 is 9.64 Å². The fourth-order valence-corrected chi connectivity index (χ4v) is 4.71. The smallest absolute Gasteiger partial charge is 0.237 e. The number of amides is 1. The standard InChI is InChI=1S/C18H27N3O4S/c1-3-4-18(22)21-11-9-15(10-12-21)25-17-8-5-14(13-19-17)20(2)26(23,24)16-6-7-16/h5,8,13,15-16H,3-4,6-7,9-12H2,1-2H3. The Morgan fingerprint density at radius 3 is 2.50 bits per heavy atom. The molecular weight excluding hydrogens is 354 g/mol. The molecule has 0 spiro atoms. The number of anilines is 1. The third-order valence-electron chi connectivity index (χ3n) is 4.96. The van der Waals surface area contributed by atoms with Gasteiger partial charge in [-0.15, -0.1) is 0 Å². The predicted octanol–water partition coefficient (Wildman–Crippen LogP) is 2.18. The number of nitrogens with zero attached hydrogens (tertiary/aromatic N) is 3. The van der Waals surface area contributed by atoms with Crippen LogP contribution in [-0.4, -0.2) is 55.7 Å². The molecule has 1 aromatic heterocycles. The minimum absolute atomic E-state index is 0.0342. The molecule has 0 unspecified atom stereocenters. The van der Waals surface area contributed by atoms with Crippen LogP contribution in [0.1, 0.15) is 45.4 Å². The van der Waals surface area contributed by atoms with Crippen LogP contribution in [0.2, 0.25) is 0 Å². The molecule has 1 saturated carbocycles. The van der Waals surface area contributed by atoms with Gasteiger partial charge in [-0.1, -0.05) is 6.92 Å². The maximum atomic E-state index is 12.3. The number of aromatic nitrogens is 1. The predicted molar refractivity (Wildman–Crippen MR) is 99.7 cm³/mol. The van der Waals surface area contributed by atoms with Crippen molar-refractivity contribution in [2.45, 2.75) is 56.8 Å². The first kappa shape index (κ1) is 18.9. The van der Waals surface area contributed by atoms with E-state index in [1.807, 2.05) is 11.8 Å². The summed E-state index contributed by atoms with van der Waals surface area (Å²) in [6, 6.07) is 3.44. The van der Waals surface area contributed by atoms with Gasteiger partial charge in [0.2, 0.25) is 21.8 Å². The average Bonchev–Trinajstić information content (AvgIpc) is 3.48. The van der Waals surface area contributed by atoms with Crippen molar-refractivity contribution in [3.05, 3.63) is 18.3 Å². The summed E-state index contributed by atoms with van der Waals surface area (Å²) in [6.07, 6.45) is 6.09. The minimum atomic E-state index is -3.26. The van der Waals surface area contributed by atoms with Crippen molar-refractivity contribution in [1.82, 2.24) is 9.88 Å². The zero-order valence-corrected chi connectivity index (χ0v) is 16.2. The molecule has 2 fully saturated rings. The monoisotopic (exact) mass is 381 g/mol. The van der Waals surface area contributed by atoms with Crippen molar-refractivity contribution in [2.75, 3.05) is 24.4 Å². The van der Waals surface area contributed by atoms with Gasteiger partial charge in [0.1, 0.15) is 6.10 Å². The lowest BCUT2D eigenvalue weighted by atomic mass is 10.1. The molecule has 1 amide bonds. The lowest BCUT2D eigenvalue weighted by molar-refractivity contribution is -0.133. The van der Waals surface area contributed by atoms with Crippen molar-refractivity contribution in [3.63, 3.8) is 0 Å². The summed E-state index contributed by atoms with van der Waals surface area (Å²) >= 11 is 0. The number of rotatable bonds is 7. The van der Waals surface area contributed by atoms with E-state index in [0.717, 1.165) is 32.1 Å². The number of hydrogen-bond donors (Lipinski definition) is 0. The number of ether oxygens (including phenoxy) is 1. The van der Waals surface area contributed by atoms with Crippen molar-refractivity contribution in [2.24, 2.45) is 0 Å². The van der Waals surface area contributed by atoms with Crippen molar-refractivity contribution in [1.29, 1.82) is 0 Å². The molecule has 0 bridgehead atoms. The maximum Gasteiger partial charge on any atom is 0.237 e. The van der Waals surface area contributed by atoms with Crippen LogP contribution in [-0.2, 0) is 14.8 Å². The molecular formula is C18H27N3O4S. The Morgan fingerprint density at radius 1 is 1.27 bits per heavy atom. The summed E-state index contributed by atoms with van der Waals surface area (Å²) in [4.78, 5) is 18.1. The van der Waals surface area contributed by atoms with Crippen LogP contribution in [0, 0.1) is 0 Å². The number of likely N-dealkylation sites (tertiary alicyclic amines) is 1. The van der Waals surface area contributed by atoms with E-state index in [-0.39, 0.29) is 17.3 Å². The fourth-order valence-electron chi connectivity index (χ4n) is 3.13. The molecule has 144 valence electrons. The van der Waals surface area contributed by atoms with Gasteiger partial charge >= 0.3 is 0 Å². The highest BCUT2D eigenvalue weighted by molar-refractivity contribution is 7.93. The van der Waals surface area contributed by atoms with Crippen LogP contribution in [0.5, 0.6) is 5.88 Å². The second-order valence-corrected chi connectivity index (χ2v) is 9.26. The van der Waals surface area contributed by atoms with Gasteiger partial charge in [-0.2, -0.15) is 0 Å². The lowest BCUT2D eigenvalue weighted by Crippen LogP contribution is -2.41. The zero-order chi connectivity index (χ0) is 18.7. The highest BCUT2D eigenvalue weighted by Crippen LogP contribution is 2.32. The maximum absolute atomic E-state index is 12.3. The molecule has 8 heteroatoms. The van der Waals surface area contributed by atoms with Crippen molar-refractivity contribution >= 4 is 21.6 Å². The number of sulfonamides is 1. The Balaban J connectivity index is 1.53. The summed E-state index contributed by atoms with van der Waals surface area (Å²) in [5.74, 6) is 0.706. The molecule has 26 heavy (non-hydrogen) atoms. The van der Waals surface area contributed by atoms with E-state index in [2.05, 4.69) is 4.98 Å². The lowest BCUT2D eigenvalue weighted by Gasteiger charge is -2.32. The molecule has 7 nitrogen and oxygen atoms in total. The van der Waals surface area contributed by atoms with E-state index < -0.39 is 10.0 Å². The Morgan fingerprint density at radius 2 is 1.96 bits per heavy atom. The Bertz CT molecular complexity index is 723. The summed E-state index contributed by atoms with van der Waals surface area (Å²) < 4.78 is 31.7. The van der Waals surface area contributed by atoms with Crippen LogP contribution in [0.15, 0.2) is 18.3 Å². The molecule has 2 heterocycles.